The first-order chi connectivity index (χ1) is 6.68. The highest BCUT2D eigenvalue weighted by molar-refractivity contribution is 5.27. The van der Waals surface area contributed by atoms with E-state index in [4.69, 9.17) is 0 Å². The van der Waals surface area contributed by atoms with Crippen molar-refractivity contribution in [3.8, 4) is 0 Å². The van der Waals surface area contributed by atoms with Crippen LogP contribution in [0.25, 0.3) is 0 Å². The van der Waals surface area contributed by atoms with E-state index in [0.29, 0.717) is 5.41 Å². The van der Waals surface area contributed by atoms with E-state index in [2.05, 4.69) is 65.8 Å². The van der Waals surface area contributed by atoms with Gasteiger partial charge in [-0.1, -0.05) is 59.7 Å². The Hall–Kier alpha value is -0.780. The molecule has 83 valence electrons. The summed E-state index contributed by atoms with van der Waals surface area (Å²) in [5.74, 6) is 0. The van der Waals surface area contributed by atoms with E-state index >= 15 is 0 Å². The third-order valence-electron chi connectivity index (χ3n) is 2.38. The molecule has 0 heterocycles. The van der Waals surface area contributed by atoms with Crippen molar-refractivity contribution >= 4 is 0 Å². The predicted molar refractivity (Wildman–Crippen MR) is 67.1 cm³/mol. The number of benzene rings is 1. The summed E-state index contributed by atoms with van der Waals surface area (Å²) in [6, 6.07) is 10.0. The molecule has 0 saturated carbocycles. The van der Waals surface area contributed by atoms with E-state index in [1.165, 1.54) is 11.1 Å². The van der Waals surface area contributed by atoms with Crippen molar-refractivity contribution in [2.75, 3.05) is 0 Å². The Balaban J connectivity index is 2.94. The van der Waals surface area contributed by atoms with E-state index < -0.39 is 0 Å². The molecular weight excluding hydrogens is 180 g/mol. The fourth-order valence-corrected chi connectivity index (χ4v) is 1.63. The standard InChI is InChI=1S/C15H23/c1-14(2,3)11-12-8-7-9-13(10-12)15(4,5)6/h7-9H,11H2,1-6H3. The van der Waals surface area contributed by atoms with Crippen molar-refractivity contribution < 1.29 is 0 Å². The van der Waals surface area contributed by atoms with Crippen molar-refractivity contribution in [2.45, 2.75) is 53.4 Å². The van der Waals surface area contributed by atoms with Crippen LogP contribution in [0.3, 0.4) is 0 Å². The molecule has 0 N–H and O–H groups in total. The second-order valence-corrected chi connectivity index (χ2v) is 6.58. The van der Waals surface area contributed by atoms with Gasteiger partial charge in [0, 0.05) is 0 Å². The Morgan fingerprint density at radius 3 is 2.07 bits per heavy atom. The molecule has 1 rings (SSSR count). The lowest BCUT2D eigenvalue weighted by molar-refractivity contribution is 0.410. The van der Waals surface area contributed by atoms with E-state index in [-0.39, 0.29) is 5.41 Å². The molecule has 1 aromatic rings. The summed E-state index contributed by atoms with van der Waals surface area (Å²) in [5, 5.41) is 0. The van der Waals surface area contributed by atoms with E-state index in [0.717, 1.165) is 6.42 Å². The normalized spacial score (nSPS) is 12.9. The summed E-state index contributed by atoms with van der Waals surface area (Å²) >= 11 is 0. The zero-order chi connectivity index (χ0) is 11.7. The molecule has 0 aliphatic carbocycles. The SMILES string of the molecule is CC(C)(C)Cc1[c]c(C(C)(C)C)ccc1. The monoisotopic (exact) mass is 203 g/mol. The highest BCUT2D eigenvalue weighted by Crippen LogP contribution is 2.25. The van der Waals surface area contributed by atoms with Crippen molar-refractivity contribution in [2.24, 2.45) is 5.41 Å². The lowest BCUT2D eigenvalue weighted by Crippen LogP contribution is -2.14. The topological polar surface area (TPSA) is 0 Å². The molecule has 0 fully saturated rings. The van der Waals surface area contributed by atoms with Crippen LogP contribution in [0.15, 0.2) is 18.2 Å². The van der Waals surface area contributed by atoms with Crippen molar-refractivity contribution in [3.05, 3.63) is 35.4 Å². The van der Waals surface area contributed by atoms with Crippen molar-refractivity contribution in [1.82, 2.24) is 0 Å². The lowest BCUT2D eigenvalue weighted by atomic mass is 9.83. The second kappa shape index (κ2) is 4.00. The summed E-state index contributed by atoms with van der Waals surface area (Å²) in [4.78, 5) is 0. The minimum atomic E-state index is 0.202. The molecule has 0 bridgehead atoms. The summed E-state index contributed by atoms with van der Waals surface area (Å²) in [6.07, 6.45) is 1.09. The minimum Gasteiger partial charge on any atom is -0.0617 e. The Bertz CT molecular complexity index is 321. The highest BCUT2D eigenvalue weighted by Gasteiger charge is 2.16. The molecule has 0 aliphatic heterocycles. The molecule has 1 aromatic carbocycles. The third-order valence-corrected chi connectivity index (χ3v) is 2.38. The average molecular weight is 203 g/mol. The maximum atomic E-state index is 3.54. The van der Waals surface area contributed by atoms with Crippen molar-refractivity contribution in [3.63, 3.8) is 0 Å². The van der Waals surface area contributed by atoms with Gasteiger partial charge in [-0.15, -0.1) is 0 Å². The van der Waals surface area contributed by atoms with Gasteiger partial charge in [-0.25, -0.2) is 0 Å². The second-order valence-electron chi connectivity index (χ2n) is 6.58. The Morgan fingerprint density at radius 2 is 1.60 bits per heavy atom. The molecule has 0 aromatic heterocycles. The highest BCUT2D eigenvalue weighted by atomic mass is 14.2. The molecule has 1 radical (unpaired) electrons. The van der Waals surface area contributed by atoms with Gasteiger partial charge in [0.25, 0.3) is 0 Å². The minimum absolute atomic E-state index is 0.202. The molecule has 0 spiro atoms. The molecule has 0 atom stereocenters. The van der Waals surface area contributed by atoms with Gasteiger partial charge in [0.1, 0.15) is 0 Å². The molecule has 0 saturated heterocycles. The smallest absolute Gasteiger partial charge is 0.0109 e. The predicted octanol–water partition coefficient (Wildman–Crippen LogP) is 4.37. The quantitative estimate of drug-likeness (QED) is 0.635. The first kappa shape index (κ1) is 12.3. The van der Waals surface area contributed by atoms with Crippen LogP contribution >= 0.6 is 0 Å². The fraction of sp³-hybridized carbons (Fsp3) is 0.600. The first-order valence-corrected chi connectivity index (χ1v) is 5.70. The average Bonchev–Trinajstić information content (AvgIpc) is 1.99. The van der Waals surface area contributed by atoms with Gasteiger partial charge >= 0.3 is 0 Å². The van der Waals surface area contributed by atoms with Gasteiger partial charge in [-0.05, 0) is 34.4 Å². The maximum absolute atomic E-state index is 3.54. The fourth-order valence-electron chi connectivity index (χ4n) is 1.63. The van der Waals surface area contributed by atoms with Gasteiger partial charge in [0.2, 0.25) is 0 Å². The van der Waals surface area contributed by atoms with Crippen LogP contribution in [0.4, 0.5) is 0 Å². The van der Waals surface area contributed by atoms with E-state index in [1.807, 2.05) is 0 Å². The molecule has 0 aliphatic rings. The van der Waals surface area contributed by atoms with Crippen LogP contribution in [-0.4, -0.2) is 0 Å². The van der Waals surface area contributed by atoms with Gasteiger partial charge in [0.15, 0.2) is 0 Å². The van der Waals surface area contributed by atoms with Crippen LogP contribution in [0.1, 0.15) is 52.7 Å². The Labute approximate surface area is 94.7 Å². The number of hydrogen-bond acceptors (Lipinski definition) is 0. The molecule has 15 heavy (non-hydrogen) atoms. The van der Waals surface area contributed by atoms with Crippen LogP contribution in [-0.2, 0) is 11.8 Å². The van der Waals surface area contributed by atoms with E-state index in [9.17, 15) is 0 Å². The van der Waals surface area contributed by atoms with Crippen molar-refractivity contribution in [1.29, 1.82) is 0 Å². The van der Waals surface area contributed by atoms with Gasteiger partial charge in [-0.3, -0.25) is 0 Å². The summed E-state index contributed by atoms with van der Waals surface area (Å²) in [7, 11) is 0. The molecule has 0 heteroatoms. The zero-order valence-corrected chi connectivity index (χ0v) is 10.9. The van der Waals surface area contributed by atoms with E-state index in [1.54, 1.807) is 0 Å². The first-order valence-electron chi connectivity index (χ1n) is 5.70. The number of hydrogen-bond donors (Lipinski definition) is 0. The van der Waals surface area contributed by atoms with Crippen LogP contribution in [0.2, 0.25) is 0 Å². The van der Waals surface area contributed by atoms with Gasteiger partial charge in [-0.2, -0.15) is 0 Å². The number of rotatable bonds is 1. The molecular formula is C15H23. The largest absolute Gasteiger partial charge is 0.0617 e. The zero-order valence-electron chi connectivity index (χ0n) is 10.9. The molecule has 0 amide bonds. The molecule has 0 nitrogen and oxygen atoms in total. The summed E-state index contributed by atoms with van der Waals surface area (Å²) < 4.78 is 0. The Kier molecular flexibility index (Phi) is 3.28. The maximum Gasteiger partial charge on any atom is -0.0109 e. The van der Waals surface area contributed by atoms with Crippen LogP contribution in [0.5, 0.6) is 0 Å². The lowest BCUT2D eigenvalue weighted by Gasteiger charge is -2.22. The van der Waals surface area contributed by atoms with Crippen LogP contribution in [0, 0.1) is 11.5 Å². The summed E-state index contributed by atoms with van der Waals surface area (Å²) in [6.45, 7) is 13.5. The third kappa shape index (κ3) is 4.07. The summed E-state index contributed by atoms with van der Waals surface area (Å²) in [5.41, 5.74) is 3.18. The Morgan fingerprint density at radius 1 is 1.00 bits per heavy atom. The molecule has 0 unspecified atom stereocenters. The van der Waals surface area contributed by atoms with Crippen LogP contribution < -0.4 is 0 Å². The van der Waals surface area contributed by atoms with Gasteiger partial charge < -0.3 is 0 Å². The van der Waals surface area contributed by atoms with Gasteiger partial charge in [0.05, 0.1) is 0 Å².